The van der Waals surface area contributed by atoms with Crippen LogP contribution < -0.4 is 10.1 Å². The maximum absolute atomic E-state index is 13.1. The molecule has 2 fully saturated rings. The summed E-state index contributed by atoms with van der Waals surface area (Å²) in [5.41, 5.74) is -2.52. The molecule has 5 nitrogen and oxygen atoms in total. The summed E-state index contributed by atoms with van der Waals surface area (Å²) in [6.45, 7) is 0.918. The number of carbonyl (C=O) groups is 1. The van der Waals surface area contributed by atoms with E-state index in [1.54, 1.807) is 6.07 Å². The molecular weight excluding hydrogens is 487 g/mol. The van der Waals surface area contributed by atoms with Crippen LogP contribution in [-0.4, -0.2) is 18.1 Å². The van der Waals surface area contributed by atoms with Gasteiger partial charge in [-0.1, -0.05) is 44.9 Å². The van der Waals surface area contributed by atoms with E-state index in [9.17, 15) is 23.2 Å². The van der Waals surface area contributed by atoms with Gasteiger partial charge in [-0.15, -0.1) is 0 Å². The Morgan fingerprint density at radius 3 is 2.03 bits per heavy atom. The average Bonchev–Trinajstić information content (AvgIpc) is 3.48. The van der Waals surface area contributed by atoms with Gasteiger partial charge in [0, 0.05) is 5.92 Å². The van der Waals surface area contributed by atoms with E-state index in [-0.39, 0.29) is 49.3 Å². The van der Waals surface area contributed by atoms with Crippen LogP contribution >= 0.6 is 0 Å². The number of hydrogen-bond acceptors (Lipinski definition) is 4. The van der Waals surface area contributed by atoms with E-state index in [4.69, 9.17) is 10.00 Å². The van der Waals surface area contributed by atoms with Gasteiger partial charge in [0.25, 0.3) is 0 Å². The fraction of sp³-hybridized carbons (Fsp3) is 0.560. The van der Waals surface area contributed by atoms with Crippen LogP contribution in [0.1, 0.15) is 75.8 Å². The van der Waals surface area contributed by atoms with Crippen molar-refractivity contribution in [3.05, 3.63) is 44.2 Å². The third-order valence-corrected chi connectivity index (χ3v) is 5.55. The largest absolute Gasteiger partial charge is 2.00 e. The second kappa shape index (κ2) is 15.6. The zero-order chi connectivity index (χ0) is 22.9. The molecule has 190 valence electrons. The Morgan fingerprint density at radius 1 is 1.06 bits per heavy atom. The first kappa shape index (κ1) is 33.9. The number of halogens is 3. The fourth-order valence-electron chi connectivity index (χ4n) is 3.71. The molecule has 1 atom stereocenters. The molecule has 1 aromatic carbocycles. The Labute approximate surface area is 212 Å². The molecular formula is C25H34F3FeN3O2. The van der Waals surface area contributed by atoms with Crippen molar-refractivity contribution in [2.75, 3.05) is 6.61 Å². The van der Waals surface area contributed by atoms with E-state index < -0.39 is 29.6 Å². The number of rotatable bonds is 5. The summed E-state index contributed by atoms with van der Waals surface area (Å²) in [6, 6.07) is 6.40. The first-order valence-corrected chi connectivity index (χ1v) is 10.7. The van der Waals surface area contributed by atoms with Crippen molar-refractivity contribution in [1.29, 1.82) is 10.5 Å². The minimum atomic E-state index is -4.67. The summed E-state index contributed by atoms with van der Waals surface area (Å²) in [5.74, 6) is -1.03. The quantitative estimate of drug-likeness (QED) is 0.359. The van der Waals surface area contributed by atoms with Crippen molar-refractivity contribution < 1.29 is 39.8 Å². The van der Waals surface area contributed by atoms with Crippen molar-refractivity contribution in [2.45, 2.75) is 76.4 Å². The number of carbonyl (C=O) groups excluding carboxylic acids is 1. The van der Waals surface area contributed by atoms with Gasteiger partial charge >= 0.3 is 23.2 Å². The number of nitriles is 2. The number of benzene rings is 1. The molecule has 0 aliphatic heterocycles. The Bertz CT molecular complexity index is 832. The molecule has 0 bridgehead atoms. The molecule has 1 N–H and O–H groups in total. The molecule has 1 amide bonds. The molecule has 1 unspecified atom stereocenters. The first-order valence-electron chi connectivity index (χ1n) is 10.7. The zero-order valence-corrected chi connectivity index (χ0v) is 21.2. The molecule has 34 heavy (non-hydrogen) atoms. The zero-order valence-electron chi connectivity index (χ0n) is 20.1. The van der Waals surface area contributed by atoms with Crippen molar-refractivity contribution in [1.82, 2.24) is 5.32 Å². The third-order valence-electron chi connectivity index (χ3n) is 5.55. The fourth-order valence-corrected chi connectivity index (χ4v) is 3.71. The number of alkyl halides is 3. The number of nitrogens with one attached hydrogen (secondary N) is 1. The number of hydrogen-bond donors (Lipinski definition) is 1. The standard InChI is InChI=1S/C18H18F3N3O2.C5H10.2CH3.Fe/c1-17(10-23,24-16(25)13-4-2-3-5-13)11-26-15-8-12(9-22)6-7-14(15)18(19,20)21;1-2-4-5-3-1;;;/h6-8,13H,2-5,11H2,1H3,(H,24,25);1-5H2;2*1H3;/q;;2*-1;+2. The molecule has 0 spiro atoms. The van der Waals surface area contributed by atoms with E-state index in [2.05, 4.69) is 5.32 Å². The van der Waals surface area contributed by atoms with Gasteiger partial charge in [-0.2, -0.15) is 23.7 Å². The van der Waals surface area contributed by atoms with Crippen molar-refractivity contribution in [2.24, 2.45) is 5.92 Å². The summed E-state index contributed by atoms with van der Waals surface area (Å²) in [4.78, 5) is 12.2. The van der Waals surface area contributed by atoms with Gasteiger partial charge in [-0.05, 0) is 38.0 Å². The molecule has 2 aliphatic carbocycles. The molecule has 0 radical (unpaired) electrons. The summed E-state index contributed by atoms with van der Waals surface area (Å²) in [7, 11) is 0. The van der Waals surface area contributed by atoms with E-state index in [0.717, 1.165) is 43.9 Å². The predicted molar refractivity (Wildman–Crippen MR) is 122 cm³/mol. The van der Waals surface area contributed by atoms with Gasteiger partial charge in [-0.3, -0.25) is 4.79 Å². The van der Waals surface area contributed by atoms with E-state index in [1.807, 2.05) is 6.07 Å². The minimum Gasteiger partial charge on any atom is -0.489 e. The maximum atomic E-state index is 13.1. The average molecular weight is 521 g/mol. The summed E-state index contributed by atoms with van der Waals surface area (Å²) < 4.78 is 44.5. The minimum absolute atomic E-state index is 0. The normalized spacial score (nSPS) is 16.5. The van der Waals surface area contributed by atoms with Crippen LogP contribution in [0, 0.1) is 43.4 Å². The van der Waals surface area contributed by atoms with E-state index >= 15 is 0 Å². The number of nitrogens with zero attached hydrogens (tertiary/aromatic N) is 2. The van der Waals surface area contributed by atoms with Gasteiger partial charge in [0.1, 0.15) is 12.4 Å². The molecule has 0 aromatic heterocycles. The van der Waals surface area contributed by atoms with Gasteiger partial charge < -0.3 is 24.9 Å². The van der Waals surface area contributed by atoms with Crippen molar-refractivity contribution in [3.63, 3.8) is 0 Å². The van der Waals surface area contributed by atoms with Crippen LogP contribution in [0.25, 0.3) is 0 Å². The maximum Gasteiger partial charge on any atom is 2.00 e. The topological polar surface area (TPSA) is 85.9 Å². The molecule has 3 rings (SSSR count). The third kappa shape index (κ3) is 10.4. The van der Waals surface area contributed by atoms with Crippen LogP contribution in [0.15, 0.2) is 18.2 Å². The Morgan fingerprint density at radius 2 is 1.59 bits per heavy atom. The van der Waals surface area contributed by atoms with Crippen molar-refractivity contribution in [3.8, 4) is 17.9 Å². The van der Waals surface area contributed by atoms with Crippen LogP contribution in [0.5, 0.6) is 5.75 Å². The van der Waals surface area contributed by atoms with Crippen LogP contribution in [0.3, 0.4) is 0 Å². The summed E-state index contributed by atoms with van der Waals surface area (Å²) in [5, 5.41) is 20.8. The van der Waals surface area contributed by atoms with Gasteiger partial charge in [-0.25, -0.2) is 0 Å². The van der Waals surface area contributed by atoms with Gasteiger partial charge in [0.15, 0.2) is 5.54 Å². The molecule has 2 saturated carbocycles. The monoisotopic (exact) mass is 521 g/mol. The second-order valence-electron chi connectivity index (χ2n) is 8.29. The number of amides is 1. The summed E-state index contributed by atoms with van der Waals surface area (Å²) >= 11 is 0. The molecule has 0 heterocycles. The van der Waals surface area contributed by atoms with Crippen LogP contribution in [0.2, 0.25) is 0 Å². The van der Waals surface area contributed by atoms with Crippen LogP contribution in [0.4, 0.5) is 13.2 Å². The van der Waals surface area contributed by atoms with E-state index in [1.165, 1.54) is 39.0 Å². The Kier molecular flexibility index (Phi) is 15.6. The predicted octanol–water partition coefficient (Wildman–Crippen LogP) is 6.39. The van der Waals surface area contributed by atoms with Crippen LogP contribution in [-0.2, 0) is 28.0 Å². The van der Waals surface area contributed by atoms with Crippen molar-refractivity contribution >= 4 is 5.91 Å². The smallest absolute Gasteiger partial charge is 0.489 e. The molecule has 1 aromatic rings. The first-order chi connectivity index (χ1) is 14.7. The Balaban J connectivity index is 0. The molecule has 0 saturated heterocycles. The van der Waals surface area contributed by atoms with Gasteiger partial charge in [0.2, 0.25) is 5.91 Å². The van der Waals surface area contributed by atoms with Gasteiger partial charge in [0.05, 0.1) is 23.3 Å². The SMILES string of the molecule is C1CCCC1.CC(C#N)(COc1cc(C#N)ccc1C(F)(F)F)NC(=O)C1CCCC1.[CH3-].[CH3-].[Fe+2]. The Hall–Kier alpha value is -2.22. The summed E-state index contributed by atoms with van der Waals surface area (Å²) in [6.07, 6.45) is 6.17. The number of ether oxygens (including phenoxy) is 1. The molecule has 2 aliphatic rings. The van der Waals surface area contributed by atoms with E-state index in [0.29, 0.717) is 0 Å². The second-order valence-corrected chi connectivity index (χ2v) is 8.29. The molecule has 9 heteroatoms.